The minimum atomic E-state index is 0.149. The molecule has 0 saturated carbocycles. The number of hydrogen-bond acceptors (Lipinski definition) is 3. The molecular weight excluding hydrogens is 240 g/mol. The van der Waals surface area contributed by atoms with Crippen LogP contribution in [-0.4, -0.2) is 14.7 Å². The second kappa shape index (κ2) is 4.67. The fourth-order valence-electron chi connectivity index (χ4n) is 1.52. The van der Waals surface area contributed by atoms with E-state index in [-0.39, 0.29) is 11.8 Å². The van der Waals surface area contributed by atoms with E-state index in [9.17, 15) is 5.11 Å². The molecule has 2 rings (SSSR count). The number of hydrogen-bond donors (Lipinski definition) is 1. The summed E-state index contributed by atoms with van der Waals surface area (Å²) in [5, 5.41) is 9.86. The Balaban J connectivity index is 2.30. The van der Waals surface area contributed by atoms with Crippen LogP contribution in [0.25, 0.3) is 0 Å². The van der Waals surface area contributed by atoms with Crippen LogP contribution in [0.5, 0.6) is 17.5 Å². The number of aromatic hydroxyl groups is 1. The fourth-order valence-corrected chi connectivity index (χ4v) is 1.84. The third kappa shape index (κ3) is 2.53. The molecule has 0 aliphatic rings. The van der Waals surface area contributed by atoms with Gasteiger partial charge in [-0.1, -0.05) is 17.7 Å². The van der Waals surface area contributed by atoms with E-state index >= 15 is 0 Å². The topological polar surface area (TPSA) is 47.3 Å². The Morgan fingerprint density at radius 3 is 2.82 bits per heavy atom. The van der Waals surface area contributed by atoms with E-state index in [1.807, 2.05) is 13.8 Å². The Labute approximate surface area is 104 Å². The highest BCUT2D eigenvalue weighted by atomic mass is 35.5. The van der Waals surface area contributed by atoms with E-state index in [1.54, 1.807) is 29.0 Å². The third-order valence-electron chi connectivity index (χ3n) is 2.26. The molecule has 1 heterocycles. The number of imidazole rings is 1. The lowest BCUT2D eigenvalue weighted by Crippen LogP contribution is -2.03. The molecule has 17 heavy (non-hydrogen) atoms. The fraction of sp³-hybridized carbons (Fsp3) is 0.250. The first-order valence-electron chi connectivity index (χ1n) is 5.27. The zero-order valence-electron chi connectivity index (χ0n) is 9.59. The van der Waals surface area contributed by atoms with Gasteiger partial charge >= 0.3 is 6.01 Å². The molecule has 0 spiro atoms. The summed E-state index contributed by atoms with van der Waals surface area (Å²) in [7, 11) is 0. The van der Waals surface area contributed by atoms with Gasteiger partial charge in [0.1, 0.15) is 16.7 Å². The van der Waals surface area contributed by atoms with E-state index in [1.165, 1.54) is 6.07 Å². The van der Waals surface area contributed by atoms with Crippen molar-refractivity contribution < 1.29 is 9.84 Å². The van der Waals surface area contributed by atoms with Gasteiger partial charge in [-0.05, 0) is 26.0 Å². The molecule has 0 amide bonds. The van der Waals surface area contributed by atoms with Crippen molar-refractivity contribution in [2.75, 3.05) is 0 Å². The number of rotatable bonds is 3. The molecule has 4 nitrogen and oxygen atoms in total. The summed E-state index contributed by atoms with van der Waals surface area (Å²) in [6.45, 7) is 3.98. The highest BCUT2D eigenvalue weighted by Crippen LogP contribution is 2.28. The van der Waals surface area contributed by atoms with Gasteiger partial charge in [0, 0.05) is 12.1 Å². The van der Waals surface area contributed by atoms with Gasteiger partial charge in [0.05, 0.1) is 6.20 Å². The Morgan fingerprint density at radius 2 is 2.18 bits per heavy atom. The van der Waals surface area contributed by atoms with Crippen LogP contribution in [0, 0.1) is 0 Å². The lowest BCUT2D eigenvalue weighted by molar-refractivity contribution is 0.392. The monoisotopic (exact) mass is 252 g/mol. The summed E-state index contributed by atoms with van der Waals surface area (Å²) >= 11 is 6.01. The van der Waals surface area contributed by atoms with Crippen molar-refractivity contribution in [2.24, 2.45) is 0 Å². The summed E-state index contributed by atoms with van der Waals surface area (Å²) in [4.78, 5) is 4.09. The molecule has 0 radical (unpaired) electrons. The number of phenols is 1. The lowest BCUT2D eigenvalue weighted by atomic mass is 10.3. The molecule has 0 aliphatic carbocycles. The number of ether oxygens (including phenoxy) is 1. The molecule has 1 N–H and O–H groups in total. The zero-order valence-corrected chi connectivity index (χ0v) is 10.3. The van der Waals surface area contributed by atoms with E-state index in [2.05, 4.69) is 4.98 Å². The molecule has 0 saturated heterocycles. The second-order valence-corrected chi connectivity index (χ2v) is 4.31. The summed E-state index contributed by atoms with van der Waals surface area (Å²) < 4.78 is 7.35. The van der Waals surface area contributed by atoms with Crippen LogP contribution >= 0.6 is 11.6 Å². The number of benzene rings is 1. The minimum Gasteiger partial charge on any atom is -0.508 e. The number of nitrogens with zero attached hydrogens (tertiary/aromatic N) is 2. The van der Waals surface area contributed by atoms with Gasteiger partial charge in [0.2, 0.25) is 0 Å². The van der Waals surface area contributed by atoms with Crippen LogP contribution in [0.4, 0.5) is 0 Å². The summed E-state index contributed by atoms with van der Waals surface area (Å²) in [5.74, 6) is 0.672. The Hall–Kier alpha value is -1.68. The smallest absolute Gasteiger partial charge is 0.303 e. The first kappa shape index (κ1) is 11.8. The van der Waals surface area contributed by atoms with Crippen LogP contribution in [0.2, 0.25) is 5.15 Å². The second-order valence-electron chi connectivity index (χ2n) is 3.93. The zero-order chi connectivity index (χ0) is 12.4. The van der Waals surface area contributed by atoms with Gasteiger partial charge in [-0.25, -0.2) is 4.98 Å². The summed E-state index contributed by atoms with van der Waals surface area (Å²) in [5.41, 5.74) is 0. The maximum Gasteiger partial charge on any atom is 0.303 e. The molecule has 0 bridgehead atoms. The highest BCUT2D eigenvalue weighted by Gasteiger charge is 2.13. The Morgan fingerprint density at radius 1 is 1.41 bits per heavy atom. The standard InChI is InChI=1S/C12H13ClN2O2/c1-8(2)15-11(13)7-14-12(15)17-10-5-3-4-9(16)6-10/h3-8,16H,1-2H3. The van der Waals surface area contributed by atoms with Gasteiger partial charge in [-0.15, -0.1) is 0 Å². The van der Waals surface area contributed by atoms with Crippen LogP contribution in [0.3, 0.4) is 0 Å². The molecule has 90 valence electrons. The number of phenolic OH excluding ortho intramolecular Hbond substituents is 1. The molecule has 2 aromatic rings. The SMILES string of the molecule is CC(C)n1c(Cl)cnc1Oc1cccc(O)c1. The molecule has 5 heteroatoms. The van der Waals surface area contributed by atoms with Gasteiger partial charge < -0.3 is 9.84 Å². The average molecular weight is 253 g/mol. The predicted octanol–water partition coefficient (Wildman–Crippen LogP) is 3.62. The lowest BCUT2D eigenvalue weighted by Gasteiger charge is -2.12. The van der Waals surface area contributed by atoms with E-state index in [0.29, 0.717) is 16.9 Å². The van der Waals surface area contributed by atoms with E-state index in [4.69, 9.17) is 16.3 Å². The van der Waals surface area contributed by atoms with Gasteiger partial charge in [0.15, 0.2) is 0 Å². The quantitative estimate of drug-likeness (QED) is 0.908. The largest absolute Gasteiger partial charge is 0.508 e. The molecule has 0 aliphatic heterocycles. The molecule has 0 unspecified atom stereocenters. The summed E-state index contributed by atoms with van der Waals surface area (Å²) in [6.07, 6.45) is 1.54. The maximum atomic E-state index is 9.34. The minimum absolute atomic E-state index is 0.149. The molecule has 1 aromatic carbocycles. The van der Waals surface area contributed by atoms with Gasteiger partial charge in [-0.3, -0.25) is 4.57 Å². The van der Waals surface area contributed by atoms with E-state index < -0.39 is 0 Å². The first-order valence-corrected chi connectivity index (χ1v) is 5.65. The van der Waals surface area contributed by atoms with Crippen molar-refractivity contribution in [1.82, 2.24) is 9.55 Å². The van der Waals surface area contributed by atoms with Crippen LogP contribution < -0.4 is 4.74 Å². The van der Waals surface area contributed by atoms with Crippen LogP contribution in [-0.2, 0) is 0 Å². The predicted molar refractivity (Wildman–Crippen MR) is 65.8 cm³/mol. The average Bonchev–Trinajstić information content (AvgIpc) is 2.59. The third-order valence-corrected chi connectivity index (χ3v) is 2.54. The van der Waals surface area contributed by atoms with Crippen molar-refractivity contribution in [1.29, 1.82) is 0 Å². The van der Waals surface area contributed by atoms with Crippen LogP contribution in [0.1, 0.15) is 19.9 Å². The van der Waals surface area contributed by atoms with Crippen molar-refractivity contribution in [3.8, 4) is 17.5 Å². The number of aromatic nitrogens is 2. The van der Waals surface area contributed by atoms with Crippen molar-refractivity contribution in [2.45, 2.75) is 19.9 Å². The van der Waals surface area contributed by atoms with E-state index in [0.717, 1.165) is 0 Å². The first-order chi connectivity index (χ1) is 8.08. The summed E-state index contributed by atoms with van der Waals surface area (Å²) in [6, 6.07) is 7.11. The normalized spacial score (nSPS) is 10.8. The molecule has 0 atom stereocenters. The van der Waals surface area contributed by atoms with Crippen molar-refractivity contribution in [3.63, 3.8) is 0 Å². The highest BCUT2D eigenvalue weighted by molar-refractivity contribution is 6.29. The Kier molecular flexibility index (Phi) is 3.24. The molecule has 1 aromatic heterocycles. The molecule has 0 fully saturated rings. The van der Waals surface area contributed by atoms with Crippen molar-refractivity contribution in [3.05, 3.63) is 35.6 Å². The number of halogens is 1. The van der Waals surface area contributed by atoms with Gasteiger partial charge in [-0.2, -0.15) is 0 Å². The molecular formula is C12H13ClN2O2. The Bertz CT molecular complexity index is 523. The van der Waals surface area contributed by atoms with Crippen molar-refractivity contribution >= 4 is 11.6 Å². The van der Waals surface area contributed by atoms with Crippen LogP contribution in [0.15, 0.2) is 30.5 Å². The van der Waals surface area contributed by atoms with Gasteiger partial charge in [0.25, 0.3) is 0 Å². The maximum absolute atomic E-state index is 9.34.